The van der Waals surface area contributed by atoms with Gasteiger partial charge in [-0.1, -0.05) is 46.9 Å². The lowest BCUT2D eigenvalue weighted by molar-refractivity contribution is 0.280. The Balaban J connectivity index is 1.45. The predicted molar refractivity (Wildman–Crippen MR) is 122 cm³/mol. The summed E-state index contributed by atoms with van der Waals surface area (Å²) in [5.41, 5.74) is 1.99. The number of ether oxygens (including phenoxy) is 2. The molecule has 4 nitrogen and oxygen atoms in total. The van der Waals surface area contributed by atoms with E-state index in [-0.39, 0.29) is 0 Å². The number of rotatable bonds is 8. The fourth-order valence-corrected chi connectivity index (χ4v) is 3.75. The molecule has 30 heavy (non-hydrogen) atoms. The van der Waals surface area contributed by atoms with Crippen molar-refractivity contribution in [2.45, 2.75) is 19.6 Å². The maximum Gasteiger partial charge on any atom is 0.148 e. The van der Waals surface area contributed by atoms with Crippen LogP contribution in [-0.4, -0.2) is 16.2 Å². The SMILES string of the molecule is Clc1ccc(OCCCn2c(COc3ccc(Cl)cc3Cl)nc3ccccc32)cc1. The van der Waals surface area contributed by atoms with Crippen LogP contribution in [0.1, 0.15) is 12.2 Å². The van der Waals surface area contributed by atoms with Gasteiger partial charge in [0.25, 0.3) is 0 Å². The summed E-state index contributed by atoms with van der Waals surface area (Å²) in [5, 5.41) is 1.74. The third kappa shape index (κ3) is 5.01. The van der Waals surface area contributed by atoms with Gasteiger partial charge in [-0.2, -0.15) is 0 Å². The Hall–Kier alpha value is -2.40. The summed E-state index contributed by atoms with van der Waals surface area (Å²) in [7, 11) is 0. The highest BCUT2D eigenvalue weighted by Gasteiger charge is 2.12. The highest BCUT2D eigenvalue weighted by Crippen LogP contribution is 2.28. The first-order valence-corrected chi connectivity index (χ1v) is 10.6. The molecule has 0 saturated heterocycles. The highest BCUT2D eigenvalue weighted by atomic mass is 35.5. The second-order valence-electron chi connectivity index (χ2n) is 6.69. The van der Waals surface area contributed by atoms with Crippen molar-refractivity contribution in [1.82, 2.24) is 9.55 Å². The zero-order valence-corrected chi connectivity index (χ0v) is 18.3. The summed E-state index contributed by atoms with van der Waals surface area (Å²) in [6.07, 6.45) is 0.817. The Labute approximate surface area is 189 Å². The lowest BCUT2D eigenvalue weighted by Crippen LogP contribution is -2.10. The van der Waals surface area contributed by atoms with Crippen molar-refractivity contribution in [2.75, 3.05) is 6.61 Å². The molecule has 1 heterocycles. The molecule has 0 atom stereocenters. The molecule has 0 N–H and O–H groups in total. The molecule has 3 aromatic carbocycles. The molecule has 1 aromatic heterocycles. The third-order valence-corrected chi connectivity index (χ3v) is 5.38. The van der Waals surface area contributed by atoms with Crippen LogP contribution in [0.4, 0.5) is 0 Å². The zero-order chi connectivity index (χ0) is 20.9. The highest BCUT2D eigenvalue weighted by molar-refractivity contribution is 6.35. The molecule has 154 valence electrons. The van der Waals surface area contributed by atoms with Crippen molar-refractivity contribution in [1.29, 1.82) is 0 Å². The summed E-state index contributed by atoms with van der Waals surface area (Å²) in [6.45, 7) is 1.63. The molecule has 4 aromatic rings. The molecular weight excluding hydrogens is 443 g/mol. The zero-order valence-electron chi connectivity index (χ0n) is 16.0. The van der Waals surface area contributed by atoms with Crippen molar-refractivity contribution >= 4 is 45.8 Å². The number of hydrogen-bond acceptors (Lipinski definition) is 3. The van der Waals surface area contributed by atoms with Gasteiger partial charge in [-0.15, -0.1) is 0 Å². The van der Waals surface area contributed by atoms with Crippen LogP contribution in [-0.2, 0) is 13.2 Å². The summed E-state index contributed by atoms with van der Waals surface area (Å²) in [5.74, 6) is 2.20. The summed E-state index contributed by atoms with van der Waals surface area (Å²) < 4.78 is 13.9. The molecule has 0 unspecified atom stereocenters. The molecule has 4 rings (SSSR count). The molecule has 0 fully saturated rings. The van der Waals surface area contributed by atoms with Gasteiger partial charge in [0, 0.05) is 16.6 Å². The van der Waals surface area contributed by atoms with Gasteiger partial charge in [-0.3, -0.25) is 0 Å². The lowest BCUT2D eigenvalue weighted by atomic mass is 10.3. The minimum Gasteiger partial charge on any atom is -0.494 e. The third-order valence-electron chi connectivity index (χ3n) is 4.59. The average molecular weight is 462 g/mol. The van der Waals surface area contributed by atoms with Gasteiger partial charge >= 0.3 is 0 Å². The number of benzene rings is 3. The minimum atomic E-state index is 0.300. The van der Waals surface area contributed by atoms with Gasteiger partial charge < -0.3 is 14.0 Å². The normalized spacial score (nSPS) is 11.0. The van der Waals surface area contributed by atoms with Gasteiger partial charge in [-0.25, -0.2) is 4.98 Å². The number of nitrogens with zero attached hydrogens (tertiary/aromatic N) is 2. The lowest BCUT2D eigenvalue weighted by Gasteiger charge is -2.12. The summed E-state index contributed by atoms with van der Waals surface area (Å²) in [4.78, 5) is 4.73. The van der Waals surface area contributed by atoms with E-state index >= 15 is 0 Å². The van der Waals surface area contributed by atoms with E-state index in [1.165, 1.54) is 0 Å². The Morgan fingerprint density at radius 1 is 0.833 bits per heavy atom. The molecule has 0 aliphatic carbocycles. The van der Waals surface area contributed by atoms with E-state index < -0.39 is 0 Å². The number of halogens is 3. The number of hydrogen-bond donors (Lipinski definition) is 0. The van der Waals surface area contributed by atoms with Crippen LogP contribution in [0.15, 0.2) is 66.7 Å². The second-order valence-corrected chi connectivity index (χ2v) is 7.97. The monoisotopic (exact) mass is 460 g/mol. The quantitative estimate of drug-likeness (QED) is 0.264. The van der Waals surface area contributed by atoms with Crippen molar-refractivity contribution in [3.8, 4) is 11.5 Å². The van der Waals surface area contributed by atoms with Crippen LogP contribution in [0.2, 0.25) is 15.1 Å². The van der Waals surface area contributed by atoms with Gasteiger partial charge in [0.05, 0.1) is 22.7 Å². The topological polar surface area (TPSA) is 36.3 Å². The molecule has 0 aliphatic rings. The van der Waals surface area contributed by atoms with Gasteiger partial charge in [0.2, 0.25) is 0 Å². The van der Waals surface area contributed by atoms with Crippen LogP contribution in [0.5, 0.6) is 11.5 Å². The maximum absolute atomic E-state index is 6.22. The first kappa shape index (κ1) is 20.9. The first-order valence-electron chi connectivity index (χ1n) is 9.50. The van der Waals surface area contributed by atoms with E-state index in [0.29, 0.717) is 34.0 Å². The van der Waals surface area contributed by atoms with Gasteiger partial charge in [0.15, 0.2) is 0 Å². The maximum atomic E-state index is 6.22. The molecule has 7 heteroatoms. The number of aryl methyl sites for hydroxylation is 1. The number of para-hydroxylation sites is 2. The second kappa shape index (κ2) is 9.61. The van der Waals surface area contributed by atoms with Crippen molar-refractivity contribution in [3.63, 3.8) is 0 Å². The largest absolute Gasteiger partial charge is 0.494 e. The molecule has 0 saturated carbocycles. The molecule has 0 spiro atoms. The van der Waals surface area contributed by atoms with Crippen LogP contribution in [0.3, 0.4) is 0 Å². The standard InChI is InChI=1S/C23H19Cl3N2O2/c24-16-6-9-18(10-7-16)29-13-3-12-28-21-5-2-1-4-20(21)27-23(28)15-30-22-11-8-17(25)14-19(22)26/h1-2,4-11,14H,3,12-13,15H2. The Bertz CT molecular complexity index is 1140. The van der Waals surface area contributed by atoms with E-state index in [1.54, 1.807) is 18.2 Å². The van der Waals surface area contributed by atoms with Gasteiger partial charge in [-0.05, 0) is 61.0 Å². The van der Waals surface area contributed by atoms with E-state index in [9.17, 15) is 0 Å². The van der Waals surface area contributed by atoms with Crippen LogP contribution in [0, 0.1) is 0 Å². The minimum absolute atomic E-state index is 0.300. The summed E-state index contributed by atoms with van der Waals surface area (Å²) >= 11 is 18.1. The van der Waals surface area contributed by atoms with Crippen LogP contribution in [0.25, 0.3) is 11.0 Å². The van der Waals surface area contributed by atoms with Crippen molar-refractivity contribution in [3.05, 3.63) is 87.6 Å². The molecule has 0 aliphatic heterocycles. The Morgan fingerprint density at radius 3 is 2.40 bits per heavy atom. The molecule has 0 bridgehead atoms. The summed E-state index contributed by atoms with van der Waals surface area (Å²) in [6, 6.07) is 20.6. The Kier molecular flexibility index (Phi) is 6.68. The van der Waals surface area contributed by atoms with E-state index in [0.717, 1.165) is 35.6 Å². The molecular formula is C23H19Cl3N2O2. The number of aromatic nitrogens is 2. The predicted octanol–water partition coefficient (Wildman–Crippen LogP) is 7.04. The van der Waals surface area contributed by atoms with E-state index in [1.807, 2.05) is 42.5 Å². The van der Waals surface area contributed by atoms with E-state index in [2.05, 4.69) is 10.6 Å². The average Bonchev–Trinajstić information content (AvgIpc) is 3.09. The van der Waals surface area contributed by atoms with Crippen molar-refractivity contribution < 1.29 is 9.47 Å². The molecule has 0 radical (unpaired) electrons. The fourth-order valence-electron chi connectivity index (χ4n) is 3.16. The number of imidazole rings is 1. The van der Waals surface area contributed by atoms with Gasteiger partial charge in [0.1, 0.15) is 23.9 Å². The van der Waals surface area contributed by atoms with E-state index in [4.69, 9.17) is 49.3 Å². The van der Waals surface area contributed by atoms with Crippen molar-refractivity contribution in [2.24, 2.45) is 0 Å². The molecule has 0 amide bonds. The number of fused-ring (bicyclic) bond motifs is 1. The first-order chi connectivity index (χ1) is 14.6. The Morgan fingerprint density at radius 2 is 1.60 bits per heavy atom. The van der Waals surface area contributed by atoms with Crippen LogP contribution < -0.4 is 9.47 Å². The fraction of sp³-hybridized carbons (Fsp3) is 0.174. The van der Waals surface area contributed by atoms with Crippen LogP contribution >= 0.6 is 34.8 Å². The smallest absolute Gasteiger partial charge is 0.148 e.